The fourth-order valence-corrected chi connectivity index (χ4v) is 0.587. The smallest absolute Gasteiger partial charge is 0.134 e. The van der Waals surface area contributed by atoms with Crippen molar-refractivity contribution in [2.45, 2.75) is 13.8 Å². The van der Waals surface area contributed by atoms with Gasteiger partial charge >= 0.3 is 0 Å². The molecule has 72 valence electrons. The van der Waals surface area contributed by atoms with Crippen molar-refractivity contribution >= 4 is 17.3 Å². The van der Waals surface area contributed by atoms with Crippen LogP contribution in [0, 0.1) is 0 Å². The molecule has 0 aliphatic carbocycles. The summed E-state index contributed by atoms with van der Waals surface area (Å²) < 4.78 is 0. The second-order valence-corrected chi connectivity index (χ2v) is 2.91. The van der Waals surface area contributed by atoms with Crippen LogP contribution in [-0.2, 0) is 0 Å². The van der Waals surface area contributed by atoms with Crippen LogP contribution in [0.1, 0.15) is 13.8 Å². The number of para-hydroxylation sites is 1. The molecule has 4 heteroatoms. The molecule has 0 aliphatic rings. The summed E-state index contributed by atoms with van der Waals surface area (Å²) in [7, 11) is 0. The van der Waals surface area contributed by atoms with Crippen LogP contribution in [-0.4, -0.2) is 16.0 Å². The lowest BCUT2D eigenvalue weighted by Gasteiger charge is -1.89. The molecule has 0 radical (unpaired) electrons. The van der Waals surface area contributed by atoms with Crippen molar-refractivity contribution in [3.8, 4) is 5.75 Å². The van der Waals surface area contributed by atoms with Crippen LogP contribution in [0.4, 0.5) is 0 Å². The molecule has 0 bridgehead atoms. The van der Waals surface area contributed by atoms with Crippen LogP contribution in [0.5, 0.6) is 5.75 Å². The number of nitrogens with zero attached hydrogens (tertiary/aromatic N) is 1. The van der Waals surface area contributed by atoms with Crippen molar-refractivity contribution in [1.29, 1.82) is 0 Å². The molecule has 13 heavy (non-hydrogen) atoms. The van der Waals surface area contributed by atoms with E-state index in [9.17, 15) is 0 Å². The molecule has 3 nitrogen and oxygen atoms in total. The van der Waals surface area contributed by atoms with Crippen LogP contribution in [0.3, 0.4) is 0 Å². The van der Waals surface area contributed by atoms with Crippen molar-refractivity contribution < 1.29 is 10.3 Å². The molecular weight excluding hydrogens is 190 g/mol. The first-order chi connectivity index (χ1) is 6.07. The van der Waals surface area contributed by atoms with E-state index in [1.807, 2.05) is 0 Å². The van der Waals surface area contributed by atoms with Crippen LogP contribution in [0.2, 0.25) is 5.02 Å². The number of phenolic OH excluding ortho intramolecular Hbond substituents is 1. The van der Waals surface area contributed by atoms with Crippen molar-refractivity contribution in [3.05, 3.63) is 29.3 Å². The minimum atomic E-state index is 0.133. The van der Waals surface area contributed by atoms with E-state index >= 15 is 0 Å². The lowest BCUT2D eigenvalue weighted by atomic mass is 10.3. The van der Waals surface area contributed by atoms with E-state index in [-0.39, 0.29) is 5.75 Å². The Morgan fingerprint density at radius 3 is 2.00 bits per heavy atom. The number of hydrogen-bond acceptors (Lipinski definition) is 3. The number of hydrogen-bond donors (Lipinski definition) is 2. The Hall–Kier alpha value is -1.22. The third-order valence-corrected chi connectivity index (χ3v) is 1.37. The standard InChI is InChI=1S/C6H5ClO.C3H7NO/c7-5-3-1-2-4-6(5)8;1-3(2)4-5/h1-4,8H;5H,1-2H3. The fraction of sp³-hybridized carbons (Fsp3) is 0.222. The molecular formula is C9H12ClNO2. The molecule has 0 heterocycles. The van der Waals surface area contributed by atoms with Crippen molar-refractivity contribution in [1.82, 2.24) is 0 Å². The van der Waals surface area contributed by atoms with Gasteiger partial charge in [-0.2, -0.15) is 0 Å². The number of rotatable bonds is 0. The second kappa shape index (κ2) is 6.31. The Morgan fingerprint density at radius 1 is 1.31 bits per heavy atom. The molecule has 0 amide bonds. The van der Waals surface area contributed by atoms with E-state index in [0.717, 1.165) is 0 Å². The van der Waals surface area contributed by atoms with Gasteiger partial charge < -0.3 is 10.3 Å². The average molecular weight is 202 g/mol. The normalized spacial score (nSPS) is 8.23. The number of phenols is 1. The zero-order valence-electron chi connectivity index (χ0n) is 7.53. The quantitative estimate of drug-likeness (QED) is 0.385. The van der Waals surface area contributed by atoms with Crippen LogP contribution in [0.15, 0.2) is 29.4 Å². The summed E-state index contributed by atoms with van der Waals surface area (Å²) in [5.74, 6) is 0.133. The van der Waals surface area contributed by atoms with Gasteiger partial charge in [-0.1, -0.05) is 28.9 Å². The van der Waals surface area contributed by atoms with Gasteiger partial charge in [-0.15, -0.1) is 0 Å². The lowest BCUT2D eigenvalue weighted by molar-refractivity contribution is 0.318. The van der Waals surface area contributed by atoms with Gasteiger partial charge in [-0.05, 0) is 26.0 Å². The van der Waals surface area contributed by atoms with Crippen molar-refractivity contribution in [3.63, 3.8) is 0 Å². The molecule has 0 aliphatic heterocycles. The summed E-state index contributed by atoms with van der Waals surface area (Å²) in [6, 6.07) is 6.67. The summed E-state index contributed by atoms with van der Waals surface area (Å²) in [5.41, 5.74) is 0.685. The molecule has 0 saturated heterocycles. The summed E-state index contributed by atoms with van der Waals surface area (Å²) in [4.78, 5) is 0. The van der Waals surface area contributed by atoms with Gasteiger partial charge in [0.15, 0.2) is 0 Å². The Morgan fingerprint density at radius 2 is 1.77 bits per heavy atom. The molecule has 0 aromatic heterocycles. The Balaban J connectivity index is 0.000000252. The van der Waals surface area contributed by atoms with Gasteiger partial charge in [-0.25, -0.2) is 0 Å². The molecule has 0 atom stereocenters. The van der Waals surface area contributed by atoms with Gasteiger partial charge in [0.05, 0.1) is 10.7 Å². The second-order valence-electron chi connectivity index (χ2n) is 2.50. The van der Waals surface area contributed by atoms with E-state index in [4.69, 9.17) is 21.9 Å². The third-order valence-electron chi connectivity index (χ3n) is 1.05. The first-order valence-corrected chi connectivity index (χ1v) is 4.04. The highest BCUT2D eigenvalue weighted by molar-refractivity contribution is 6.31. The van der Waals surface area contributed by atoms with E-state index in [1.54, 1.807) is 38.1 Å². The highest BCUT2D eigenvalue weighted by atomic mass is 35.5. The highest BCUT2D eigenvalue weighted by Gasteiger charge is 1.89. The molecule has 1 aromatic rings. The minimum Gasteiger partial charge on any atom is -0.506 e. The summed E-state index contributed by atoms with van der Waals surface area (Å²) in [6.45, 7) is 3.44. The van der Waals surface area contributed by atoms with E-state index < -0.39 is 0 Å². The van der Waals surface area contributed by atoms with Crippen LogP contribution in [0.25, 0.3) is 0 Å². The predicted octanol–water partition coefficient (Wildman–Crippen LogP) is 2.90. The number of halogens is 1. The monoisotopic (exact) mass is 201 g/mol. The van der Waals surface area contributed by atoms with E-state index in [2.05, 4.69) is 5.16 Å². The Bertz CT molecular complexity index is 262. The highest BCUT2D eigenvalue weighted by Crippen LogP contribution is 2.20. The maximum absolute atomic E-state index is 8.79. The first kappa shape index (κ1) is 11.8. The Labute approximate surface area is 82.3 Å². The van der Waals surface area contributed by atoms with Crippen LogP contribution < -0.4 is 0 Å². The zero-order valence-corrected chi connectivity index (χ0v) is 8.28. The molecule has 0 saturated carbocycles. The molecule has 0 spiro atoms. The van der Waals surface area contributed by atoms with E-state index in [1.165, 1.54) is 0 Å². The fourth-order valence-electron chi connectivity index (χ4n) is 0.452. The molecule has 1 aromatic carbocycles. The van der Waals surface area contributed by atoms with Crippen LogP contribution >= 0.6 is 11.6 Å². The van der Waals surface area contributed by atoms with E-state index in [0.29, 0.717) is 10.7 Å². The average Bonchev–Trinajstić information content (AvgIpc) is 2.11. The van der Waals surface area contributed by atoms with Crippen molar-refractivity contribution in [2.24, 2.45) is 5.16 Å². The van der Waals surface area contributed by atoms with Gasteiger partial charge in [0, 0.05) is 0 Å². The molecule has 2 N–H and O–H groups in total. The summed E-state index contributed by atoms with van der Waals surface area (Å²) >= 11 is 5.46. The number of aromatic hydroxyl groups is 1. The number of benzene rings is 1. The largest absolute Gasteiger partial charge is 0.506 e. The Kier molecular flexibility index (Phi) is 5.72. The first-order valence-electron chi connectivity index (χ1n) is 3.66. The zero-order chi connectivity index (χ0) is 10.3. The topological polar surface area (TPSA) is 52.8 Å². The molecule has 0 unspecified atom stereocenters. The number of oxime groups is 1. The maximum atomic E-state index is 8.79. The lowest BCUT2D eigenvalue weighted by Crippen LogP contribution is -1.74. The molecule has 0 fully saturated rings. The van der Waals surface area contributed by atoms with Gasteiger partial charge in [0.2, 0.25) is 0 Å². The third kappa shape index (κ3) is 5.99. The summed E-state index contributed by atoms with van der Waals surface area (Å²) in [6.07, 6.45) is 0. The van der Waals surface area contributed by atoms with Gasteiger partial charge in [0.1, 0.15) is 5.75 Å². The summed E-state index contributed by atoms with van der Waals surface area (Å²) in [5, 5.41) is 19.7. The predicted molar refractivity (Wildman–Crippen MR) is 53.7 cm³/mol. The van der Waals surface area contributed by atoms with Crippen molar-refractivity contribution in [2.75, 3.05) is 0 Å². The SMILES string of the molecule is CC(C)=NO.Oc1ccccc1Cl. The van der Waals surface area contributed by atoms with Gasteiger partial charge in [0.25, 0.3) is 0 Å². The minimum absolute atomic E-state index is 0.133. The van der Waals surface area contributed by atoms with Gasteiger partial charge in [-0.3, -0.25) is 0 Å². The molecule has 1 rings (SSSR count). The maximum Gasteiger partial charge on any atom is 0.134 e.